The van der Waals surface area contributed by atoms with Gasteiger partial charge in [-0.1, -0.05) is 27.7 Å². The van der Waals surface area contributed by atoms with Crippen LogP contribution in [0, 0.1) is 11.8 Å². The number of rotatable bonds is 4. The summed E-state index contributed by atoms with van der Waals surface area (Å²) in [5.41, 5.74) is -0.433. The Bertz CT molecular complexity index is 340. The van der Waals surface area contributed by atoms with Crippen molar-refractivity contribution < 1.29 is 9.53 Å². The predicted molar refractivity (Wildman–Crippen MR) is 94.7 cm³/mol. The smallest absolute Gasteiger partial charge is 0.410 e. The van der Waals surface area contributed by atoms with E-state index in [0.717, 1.165) is 25.9 Å². The number of nitrogens with one attached hydrogen (secondary N) is 1. The van der Waals surface area contributed by atoms with E-state index in [4.69, 9.17) is 4.74 Å². The summed E-state index contributed by atoms with van der Waals surface area (Å²) in [6, 6.07) is 0.615. The first kappa shape index (κ1) is 21.5. The van der Waals surface area contributed by atoms with Crippen molar-refractivity contribution in [3.8, 4) is 0 Å². The van der Waals surface area contributed by atoms with Crippen molar-refractivity contribution in [3.63, 3.8) is 0 Å². The highest BCUT2D eigenvalue weighted by molar-refractivity contribution is 5.85. The maximum Gasteiger partial charge on any atom is 0.410 e. The lowest BCUT2D eigenvalue weighted by Crippen LogP contribution is -2.59. The second-order valence-electron chi connectivity index (χ2n) is 8.15. The molecule has 22 heavy (non-hydrogen) atoms. The molecule has 1 N–H and O–H groups in total. The lowest BCUT2D eigenvalue weighted by atomic mass is 9.96. The molecule has 0 aromatic heterocycles. The van der Waals surface area contributed by atoms with Crippen LogP contribution in [0.15, 0.2) is 0 Å². The molecule has 0 spiro atoms. The van der Waals surface area contributed by atoms with Crippen molar-refractivity contribution in [1.29, 1.82) is 0 Å². The average Bonchev–Trinajstić information content (AvgIpc) is 2.27. The Morgan fingerprint density at radius 1 is 1.18 bits per heavy atom. The monoisotopic (exact) mass is 334 g/mol. The van der Waals surface area contributed by atoms with Crippen molar-refractivity contribution in [1.82, 2.24) is 10.2 Å². The van der Waals surface area contributed by atoms with E-state index in [1.54, 1.807) is 0 Å². The van der Waals surface area contributed by atoms with Crippen molar-refractivity contribution >= 4 is 18.5 Å². The average molecular weight is 335 g/mol. The molecule has 1 amide bonds. The number of hydrogen-bond donors (Lipinski definition) is 1. The van der Waals surface area contributed by atoms with Crippen LogP contribution in [-0.2, 0) is 4.74 Å². The van der Waals surface area contributed by atoms with Crippen molar-refractivity contribution in [2.45, 2.75) is 79.0 Å². The minimum atomic E-state index is -0.433. The topological polar surface area (TPSA) is 41.6 Å². The summed E-state index contributed by atoms with van der Waals surface area (Å²) in [6.45, 7) is 16.3. The largest absolute Gasteiger partial charge is 0.444 e. The van der Waals surface area contributed by atoms with E-state index in [2.05, 4.69) is 33.0 Å². The predicted octanol–water partition coefficient (Wildman–Crippen LogP) is 4.08. The zero-order chi connectivity index (χ0) is 16.2. The number of piperazine rings is 1. The highest BCUT2D eigenvalue weighted by Gasteiger charge is 2.34. The first-order valence-corrected chi connectivity index (χ1v) is 8.31. The molecule has 2 atom stereocenters. The van der Waals surface area contributed by atoms with E-state index in [1.165, 1.54) is 0 Å². The minimum Gasteiger partial charge on any atom is -0.444 e. The minimum absolute atomic E-state index is 0. The fourth-order valence-corrected chi connectivity index (χ4v) is 2.89. The molecule has 1 saturated heterocycles. The van der Waals surface area contributed by atoms with Gasteiger partial charge in [0.05, 0.1) is 0 Å². The number of ether oxygens (including phenoxy) is 1. The van der Waals surface area contributed by atoms with Crippen LogP contribution in [0.2, 0.25) is 0 Å². The van der Waals surface area contributed by atoms with E-state index in [0.29, 0.717) is 17.9 Å². The number of nitrogens with zero attached hydrogens (tertiary/aromatic N) is 1. The number of carbonyl (C=O) groups excluding carboxylic acids is 1. The standard InChI is InChI=1S/C17H34N2O2.ClH/c1-12(2)8-14-11-19(16(20)21-17(5,6)7)15(10-18-14)9-13(3)4;/h12-15,18H,8-11H2,1-7H3;1H/t14-,15-;/m1./s1. The Morgan fingerprint density at radius 3 is 2.18 bits per heavy atom. The third-order valence-electron chi connectivity index (χ3n) is 3.63. The van der Waals surface area contributed by atoms with Crippen LogP contribution in [0.1, 0.15) is 61.3 Å². The van der Waals surface area contributed by atoms with Gasteiger partial charge in [-0.05, 0) is 45.4 Å². The Morgan fingerprint density at radius 2 is 1.73 bits per heavy atom. The summed E-state index contributed by atoms with van der Waals surface area (Å²) >= 11 is 0. The molecule has 0 saturated carbocycles. The summed E-state index contributed by atoms with van der Waals surface area (Å²) in [7, 11) is 0. The third-order valence-corrected chi connectivity index (χ3v) is 3.63. The van der Waals surface area contributed by atoms with Gasteiger partial charge < -0.3 is 15.0 Å². The van der Waals surface area contributed by atoms with Gasteiger partial charge in [-0.3, -0.25) is 0 Å². The van der Waals surface area contributed by atoms with E-state index >= 15 is 0 Å². The van der Waals surface area contributed by atoms with Gasteiger partial charge >= 0.3 is 6.09 Å². The molecule has 1 fully saturated rings. The molecule has 0 aromatic carbocycles. The molecule has 1 aliphatic heterocycles. The molecule has 0 unspecified atom stereocenters. The molecule has 0 bridgehead atoms. The molecular formula is C17H35ClN2O2. The van der Waals surface area contributed by atoms with E-state index in [9.17, 15) is 4.79 Å². The van der Waals surface area contributed by atoms with Crippen molar-refractivity contribution in [2.75, 3.05) is 13.1 Å². The number of halogens is 1. The Kier molecular flexibility index (Phi) is 8.78. The second-order valence-corrected chi connectivity index (χ2v) is 8.15. The van der Waals surface area contributed by atoms with Crippen molar-refractivity contribution in [3.05, 3.63) is 0 Å². The van der Waals surface area contributed by atoms with Crippen LogP contribution in [0.4, 0.5) is 4.79 Å². The summed E-state index contributed by atoms with van der Waals surface area (Å²) in [6.07, 6.45) is 1.94. The van der Waals surface area contributed by atoms with Gasteiger partial charge in [0.1, 0.15) is 5.60 Å². The van der Waals surface area contributed by atoms with Crippen LogP contribution in [0.5, 0.6) is 0 Å². The van der Waals surface area contributed by atoms with Crippen LogP contribution >= 0.6 is 12.4 Å². The zero-order valence-corrected chi connectivity index (χ0v) is 16.1. The van der Waals surface area contributed by atoms with Gasteiger partial charge in [0.25, 0.3) is 0 Å². The molecule has 1 aliphatic rings. The number of amides is 1. The van der Waals surface area contributed by atoms with Gasteiger partial charge in [-0.2, -0.15) is 0 Å². The van der Waals surface area contributed by atoms with Gasteiger partial charge in [0.15, 0.2) is 0 Å². The summed E-state index contributed by atoms with van der Waals surface area (Å²) in [5.74, 6) is 1.20. The molecule has 0 aliphatic carbocycles. The van der Waals surface area contributed by atoms with Crippen LogP contribution in [0.25, 0.3) is 0 Å². The Hall–Kier alpha value is -0.480. The summed E-state index contributed by atoms with van der Waals surface area (Å²) in [4.78, 5) is 14.5. The first-order valence-electron chi connectivity index (χ1n) is 8.31. The maximum absolute atomic E-state index is 12.5. The molecule has 0 radical (unpaired) electrons. The molecule has 1 heterocycles. The molecular weight excluding hydrogens is 300 g/mol. The fourth-order valence-electron chi connectivity index (χ4n) is 2.89. The van der Waals surface area contributed by atoms with Crippen LogP contribution in [-0.4, -0.2) is 41.8 Å². The van der Waals surface area contributed by atoms with E-state index < -0.39 is 5.60 Å². The van der Waals surface area contributed by atoms with Gasteiger partial charge in [0, 0.05) is 25.2 Å². The zero-order valence-electron chi connectivity index (χ0n) is 15.3. The lowest BCUT2D eigenvalue weighted by molar-refractivity contribution is 0.00397. The Labute approximate surface area is 142 Å². The lowest BCUT2D eigenvalue weighted by Gasteiger charge is -2.42. The summed E-state index contributed by atoms with van der Waals surface area (Å²) in [5, 5.41) is 3.60. The molecule has 1 rings (SSSR count). The molecule has 132 valence electrons. The normalized spacial score (nSPS) is 22.7. The highest BCUT2D eigenvalue weighted by atomic mass is 35.5. The SMILES string of the molecule is CC(C)C[C@@H]1CN(C(=O)OC(C)(C)C)[C@H](CC(C)C)CN1.Cl. The molecule has 0 aromatic rings. The van der Waals surface area contributed by atoms with E-state index in [-0.39, 0.29) is 24.5 Å². The van der Waals surface area contributed by atoms with Crippen molar-refractivity contribution in [2.24, 2.45) is 11.8 Å². The van der Waals surface area contributed by atoms with Crippen LogP contribution < -0.4 is 5.32 Å². The third kappa shape index (κ3) is 7.68. The first-order chi connectivity index (χ1) is 9.58. The van der Waals surface area contributed by atoms with Gasteiger partial charge in [-0.15, -0.1) is 12.4 Å². The highest BCUT2D eigenvalue weighted by Crippen LogP contribution is 2.21. The van der Waals surface area contributed by atoms with E-state index in [1.807, 2.05) is 25.7 Å². The molecule has 4 nitrogen and oxygen atoms in total. The summed E-state index contributed by atoms with van der Waals surface area (Å²) < 4.78 is 5.60. The quantitative estimate of drug-likeness (QED) is 0.842. The maximum atomic E-state index is 12.5. The van der Waals surface area contributed by atoms with Crippen LogP contribution in [0.3, 0.4) is 0 Å². The number of hydrogen-bond acceptors (Lipinski definition) is 3. The van der Waals surface area contributed by atoms with Gasteiger partial charge in [0.2, 0.25) is 0 Å². The fraction of sp³-hybridized carbons (Fsp3) is 0.941. The Balaban J connectivity index is 0.00000441. The molecule has 5 heteroatoms. The number of carbonyl (C=O) groups is 1. The second kappa shape index (κ2) is 8.97. The van der Waals surface area contributed by atoms with Gasteiger partial charge in [-0.25, -0.2) is 4.79 Å².